The van der Waals surface area contributed by atoms with Gasteiger partial charge in [-0.05, 0) is 30.3 Å². The summed E-state index contributed by atoms with van der Waals surface area (Å²) in [5.41, 5.74) is 5.79. The maximum absolute atomic E-state index is 12.0. The normalized spacial score (nSPS) is 9.86. The molecular weight excluding hydrogens is 284 g/mol. The number of hydrogen-bond acceptors (Lipinski definition) is 3. The molecule has 0 radical (unpaired) electrons. The highest BCUT2D eigenvalue weighted by atomic mass is 16.2. The van der Waals surface area contributed by atoms with Crippen molar-refractivity contribution in [1.29, 1.82) is 0 Å². The van der Waals surface area contributed by atoms with Crippen LogP contribution in [0.4, 0.5) is 5.69 Å². The number of hydrogen-bond donors (Lipinski definition) is 4. The second-order valence-corrected chi connectivity index (χ2v) is 4.47. The highest BCUT2D eigenvalue weighted by Gasteiger charge is 2.10. The summed E-state index contributed by atoms with van der Waals surface area (Å²) in [5.74, 6) is -1.07. The molecule has 7 heteroatoms. The van der Waals surface area contributed by atoms with E-state index in [2.05, 4.69) is 21.2 Å². The molecule has 0 unspecified atom stereocenters. The molecule has 0 aliphatic heterocycles. The maximum atomic E-state index is 12.0. The largest absolute Gasteiger partial charge is 0.357 e. The van der Waals surface area contributed by atoms with Gasteiger partial charge < -0.3 is 10.3 Å². The molecule has 0 aliphatic carbocycles. The molecule has 114 valence electrons. The lowest BCUT2D eigenvalue weighted by molar-refractivity contribution is -0.115. The molecule has 3 amide bonds. The summed E-state index contributed by atoms with van der Waals surface area (Å²) in [5, 5.41) is 2.66. The molecule has 0 bridgehead atoms. The first-order valence-corrected chi connectivity index (χ1v) is 6.74. The Morgan fingerprint density at radius 1 is 1.05 bits per heavy atom. The zero-order valence-electron chi connectivity index (χ0n) is 12.0. The van der Waals surface area contributed by atoms with Gasteiger partial charge in [0, 0.05) is 23.9 Å². The van der Waals surface area contributed by atoms with E-state index in [0.29, 0.717) is 23.4 Å². The molecule has 0 saturated heterocycles. The lowest BCUT2D eigenvalue weighted by atomic mass is 10.2. The molecule has 4 N–H and O–H groups in total. The highest BCUT2D eigenvalue weighted by molar-refractivity contribution is 5.99. The Balaban J connectivity index is 1.96. The quantitative estimate of drug-likeness (QED) is 0.642. The van der Waals surface area contributed by atoms with Crippen molar-refractivity contribution in [1.82, 2.24) is 15.8 Å². The molecule has 2 rings (SSSR count). The van der Waals surface area contributed by atoms with E-state index in [-0.39, 0.29) is 5.91 Å². The van der Waals surface area contributed by atoms with Crippen LogP contribution < -0.4 is 16.2 Å². The predicted octanol–water partition coefficient (Wildman–Crippen LogP) is 1.44. The molecule has 22 heavy (non-hydrogen) atoms. The van der Waals surface area contributed by atoms with Crippen LogP contribution in [-0.4, -0.2) is 22.7 Å². The van der Waals surface area contributed by atoms with Crippen LogP contribution in [0.2, 0.25) is 0 Å². The number of benzene rings is 1. The van der Waals surface area contributed by atoms with Gasteiger partial charge in [0.1, 0.15) is 5.69 Å². The van der Waals surface area contributed by atoms with Crippen molar-refractivity contribution in [2.24, 2.45) is 0 Å². The Hall–Kier alpha value is -3.09. The molecule has 1 aromatic carbocycles. The van der Waals surface area contributed by atoms with Crippen molar-refractivity contribution in [2.75, 3.05) is 5.32 Å². The van der Waals surface area contributed by atoms with Crippen molar-refractivity contribution in [3.05, 3.63) is 53.9 Å². The number of anilines is 1. The summed E-state index contributed by atoms with van der Waals surface area (Å²) in [7, 11) is 0. The molecule has 1 aromatic heterocycles. The second kappa shape index (κ2) is 7.07. The first-order valence-electron chi connectivity index (χ1n) is 6.74. The third-order valence-corrected chi connectivity index (χ3v) is 2.86. The fourth-order valence-corrected chi connectivity index (χ4v) is 1.71. The third-order valence-electron chi connectivity index (χ3n) is 2.86. The van der Waals surface area contributed by atoms with E-state index in [0.717, 1.165) is 0 Å². The van der Waals surface area contributed by atoms with E-state index in [1.54, 1.807) is 43.5 Å². The predicted molar refractivity (Wildman–Crippen MR) is 81.1 cm³/mol. The molecule has 0 spiro atoms. The minimum atomic E-state index is -0.479. The highest BCUT2D eigenvalue weighted by Crippen LogP contribution is 2.10. The van der Waals surface area contributed by atoms with Crippen LogP contribution in [0.1, 0.15) is 34.2 Å². The van der Waals surface area contributed by atoms with Gasteiger partial charge in [-0.2, -0.15) is 0 Å². The zero-order chi connectivity index (χ0) is 15.9. The Labute approximate surface area is 127 Å². The van der Waals surface area contributed by atoms with Gasteiger partial charge in [-0.3, -0.25) is 25.2 Å². The smallest absolute Gasteiger partial charge is 0.286 e. The summed E-state index contributed by atoms with van der Waals surface area (Å²) in [6.07, 6.45) is 1.96. The van der Waals surface area contributed by atoms with E-state index in [1.165, 1.54) is 6.07 Å². The average Bonchev–Trinajstić information content (AvgIpc) is 3.07. The Morgan fingerprint density at radius 3 is 2.50 bits per heavy atom. The van der Waals surface area contributed by atoms with Crippen molar-refractivity contribution in [3.8, 4) is 0 Å². The first kappa shape index (κ1) is 15.3. The SMILES string of the molecule is CCC(=O)Nc1cccc(C(=O)NNC(=O)c2ccc[nH]2)c1. The minimum Gasteiger partial charge on any atom is -0.357 e. The first-order chi connectivity index (χ1) is 10.6. The molecule has 2 aromatic rings. The summed E-state index contributed by atoms with van der Waals surface area (Å²) in [6.45, 7) is 1.74. The van der Waals surface area contributed by atoms with Crippen LogP contribution in [0.5, 0.6) is 0 Å². The van der Waals surface area contributed by atoms with Gasteiger partial charge in [0.05, 0.1) is 0 Å². The average molecular weight is 300 g/mol. The fraction of sp³-hybridized carbons (Fsp3) is 0.133. The number of carbonyl (C=O) groups is 3. The summed E-state index contributed by atoms with van der Waals surface area (Å²) in [4.78, 5) is 37.7. The molecular formula is C15H16N4O3. The fourth-order valence-electron chi connectivity index (χ4n) is 1.71. The zero-order valence-corrected chi connectivity index (χ0v) is 12.0. The monoisotopic (exact) mass is 300 g/mol. The molecule has 0 fully saturated rings. The van der Waals surface area contributed by atoms with Gasteiger partial charge >= 0.3 is 0 Å². The number of rotatable bonds is 4. The number of H-pyrrole nitrogens is 1. The molecule has 0 atom stereocenters. The number of nitrogens with one attached hydrogen (secondary N) is 4. The Bertz CT molecular complexity index is 680. The lowest BCUT2D eigenvalue weighted by Gasteiger charge is -2.08. The summed E-state index contributed by atoms with van der Waals surface area (Å²) in [6, 6.07) is 9.70. The van der Waals surface area contributed by atoms with Gasteiger partial charge in [-0.15, -0.1) is 0 Å². The van der Waals surface area contributed by atoms with Crippen LogP contribution in [0.3, 0.4) is 0 Å². The maximum Gasteiger partial charge on any atom is 0.286 e. The van der Waals surface area contributed by atoms with Crippen molar-refractivity contribution in [3.63, 3.8) is 0 Å². The lowest BCUT2D eigenvalue weighted by Crippen LogP contribution is -2.41. The summed E-state index contributed by atoms with van der Waals surface area (Å²) < 4.78 is 0. The van der Waals surface area contributed by atoms with Crippen LogP contribution in [0.15, 0.2) is 42.6 Å². The standard InChI is InChI=1S/C15H16N4O3/c1-2-13(20)17-11-6-3-5-10(9-11)14(21)18-19-15(22)12-7-4-8-16-12/h3-9,16H,2H2,1H3,(H,17,20)(H,18,21)(H,19,22). The van der Waals surface area contributed by atoms with Gasteiger partial charge in [0.25, 0.3) is 11.8 Å². The number of amides is 3. The molecule has 1 heterocycles. The van der Waals surface area contributed by atoms with E-state index < -0.39 is 11.8 Å². The van der Waals surface area contributed by atoms with Crippen LogP contribution in [-0.2, 0) is 4.79 Å². The van der Waals surface area contributed by atoms with Crippen LogP contribution >= 0.6 is 0 Å². The van der Waals surface area contributed by atoms with Crippen LogP contribution in [0.25, 0.3) is 0 Å². The van der Waals surface area contributed by atoms with E-state index in [4.69, 9.17) is 0 Å². The Kier molecular flexibility index (Phi) is 4.92. The van der Waals surface area contributed by atoms with Crippen molar-refractivity contribution < 1.29 is 14.4 Å². The number of hydrazine groups is 1. The van der Waals surface area contributed by atoms with E-state index in [9.17, 15) is 14.4 Å². The summed E-state index contributed by atoms with van der Waals surface area (Å²) >= 11 is 0. The van der Waals surface area contributed by atoms with Crippen molar-refractivity contribution >= 4 is 23.4 Å². The van der Waals surface area contributed by atoms with Gasteiger partial charge in [-0.25, -0.2) is 0 Å². The van der Waals surface area contributed by atoms with E-state index in [1.807, 2.05) is 0 Å². The molecule has 0 aliphatic rings. The topological polar surface area (TPSA) is 103 Å². The second-order valence-electron chi connectivity index (χ2n) is 4.47. The van der Waals surface area contributed by atoms with Gasteiger partial charge in [0.15, 0.2) is 0 Å². The minimum absolute atomic E-state index is 0.141. The van der Waals surface area contributed by atoms with Gasteiger partial charge in [-0.1, -0.05) is 13.0 Å². The number of aromatic amines is 1. The number of aromatic nitrogens is 1. The molecule has 7 nitrogen and oxygen atoms in total. The number of carbonyl (C=O) groups excluding carboxylic acids is 3. The van der Waals surface area contributed by atoms with Gasteiger partial charge in [0.2, 0.25) is 5.91 Å². The molecule has 0 saturated carbocycles. The van der Waals surface area contributed by atoms with E-state index >= 15 is 0 Å². The van der Waals surface area contributed by atoms with Crippen LogP contribution in [0, 0.1) is 0 Å². The Morgan fingerprint density at radius 2 is 1.82 bits per heavy atom. The van der Waals surface area contributed by atoms with Crippen molar-refractivity contribution in [2.45, 2.75) is 13.3 Å². The third kappa shape index (κ3) is 3.95.